The van der Waals surface area contributed by atoms with E-state index in [4.69, 9.17) is 10.8 Å². The molecule has 150 valence electrons. The summed E-state index contributed by atoms with van der Waals surface area (Å²) in [4.78, 5) is 10.0. The first kappa shape index (κ1) is 24.7. The third-order valence-electron chi connectivity index (χ3n) is 4.00. The van der Waals surface area contributed by atoms with Crippen LogP contribution in [0.1, 0.15) is 57.4 Å². The number of rotatable bonds is 8. The molecule has 0 aromatic heterocycles. The first-order valence-corrected chi connectivity index (χ1v) is 9.65. The third-order valence-corrected chi connectivity index (χ3v) is 4.00. The fourth-order valence-electron chi connectivity index (χ4n) is 2.59. The van der Waals surface area contributed by atoms with Crippen LogP contribution in [0, 0.1) is 0 Å². The summed E-state index contributed by atoms with van der Waals surface area (Å²) in [5, 5.41) is 16.2. The number of allylic oxidation sites excluding steroid dienone is 5. The molecule has 27 heavy (non-hydrogen) atoms. The minimum absolute atomic E-state index is 0.329. The molecule has 0 saturated carbocycles. The summed E-state index contributed by atoms with van der Waals surface area (Å²) in [5.41, 5.74) is 9.14. The van der Waals surface area contributed by atoms with Gasteiger partial charge >= 0.3 is 0 Å². The Hall–Kier alpha value is -2.33. The lowest BCUT2D eigenvalue weighted by molar-refractivity contribution is -0.107. The molecule has 1 aliphatic rings. The number of hydrogen-bond acceptors (Lipinski definition) is 4. The summed E-state index contributed by atoms with van der Waals surface area (Å²) >= 11 is 0. The van der Waals surface area contributed by atoms with Crippen molar-refractivity contribution in [2.75, 3.05) is 7.11 Å². The molecule has 0 unspecified atom stereocenters. The van der Waals surface area contributed by atoms with Crippen LogP contribution in [0.3, 0.4) is 0 Å². The van der Waals surface area contributed by atoms with Gasteiger partial charge in [0.05, 0.1) is 0 Å². The van der Waals surface area contributed by atoms with Crippen molar-refractivity contribution in [3.8, 4) is 5.75 Å². The number of phenols is 1. The topological polar surface area (TPSA) is 83.5 Å². The highest BCUT2D eigenvalue weighted by molar-refractivity contribution is 5.48. The van der Waals surface area contributed by atoms with Crippen LogP contribution in [0.25, 0.3) is 0 Å². The van der Waals surface area contributed by atoms with E-state index in [0.29, 0.717) is 12.2 Å². The van der Waals surface area contributed by atoms with Crippen LogP contribution < -0.4 is 5.73 Å². The van der Waals surface area contributed by atoms with Gasteiger partial charge in [0.2, 0.25) is 0 Å². The molecule has 0 atom stereocenters. The lowest BCUT2D eigenvalue weighted by Crippen LogP contribution is -2.01. The molecule has 0 amide bonds. The fraction of sp³-hybridized carbons (Fsp3) is 0.435. The Morgan fingerprint density at radius 3 is 2.59 bits per heavy atom. The summed E-state index contributed by atoms with van der Waals surface area (Å²) < 4.78 is 0. The summed E-state index contributed by atoms with van der Waals surface area (Å²) in [6.07, 6.45) is 17.5. The molecule has 1 aromatic carbocycles. The number of phenolic OH excluding ortho intramolecular Hbond substituents is 1. The Morgan fingerprint density at radius 1 is 1.19 bits per heavy atom. The highest BCUT2D eigenvalue weighted by Crippen LogP contribution is 2.16. The summed E-state index contributed by atoms with van der Waals surface area (Å²) in [7, 11) is 1.00. The van der Waals surface area contributed by atoms with Crippen molar-refractivity contribution < 1.29 is 15.0 Å². The second-order valence-corrected chi connectivity index (χ2v) is 6.17. The van der Waals surface area contributed by atoms with Crippen LogP contribution in [0.15, 0.2) is 59.8 Å². The number of carbonyl (C=O) groups is 1. The molecule has 0 aliphatic heterocycles. The van der Waals surface area contributed by atoms with E-state index in [-0.39, 0.29) is 0 Å². The second kappa shape index (κ2) is 17.1. The molecular weight excluding hydrogens is 338 g/mol. The van der Waals surface area contributed by atoms with E-state index in [9.17, 15) is 9.90 Å². The van der Waals surface area contributed by atoms with Gasteiger partial charge in [-0.1, -0.05) is 43.7 Å². The maximum atomic E-state index is 10.0. The zero-order valence-corrected chi connectivity index (χ0v) is 16.7. The van der Waals surface area contributed by atoms with Gasteiger partial charge in [0.25, 0.3) is 0 Å². The summed E-state index contributed by atoms with van der Waals surface area (Å²) in [6.45, 7) is 2.13. The number of aldehydes is 1. The maximum absolute atomic E-state index is 10.0. The van der Waals surface area contributed by atoms with E-state index in [1.807, 2.05) is 18.2 Å². The minimum Gasteiger partial charge on any atom is -0.508 e. The Kier molecular flexibility index (Phi) is 15.6. The minimum atomic E-state index is 0.329. The van der Waals surface area contributed by atoms with Crippen molar-refractivity contribution in [1.82, 2.24) is 0 Å². The van der Waals surface area contributed by atoms with Gasteiger partial charge in [-0.3, -0.25) is 0 Å². The molecule has 2 rings (SSSR count). The van der Waals surface area contributed by atoms with Crippen molar-refractivity contribution in [3.63, 3.8) is 0 Å². The standard InChI is InChI=1S/C12H16O2.C10H15N.CH4O/c13-9-4-2-1-3-6-11-7-5-8-12(14)10-11;1-2-3-6-9-7-4-5-8-10(9)11;1-2/h5,7-10,14H,1-4,6H2;3,5-6,8H,2,4,7,11H2,1H3;2H,1H3/b;6-3-;. The van der Waals surface area contributed by atoms with Crippen LogP contribution in [0.5, 0.6) is 5.75 Å². The number of aliphatic hydroxyl groups excluding tert-OH is 1. The van der Waals surface area contributed by atoms with Crippen molar-refractivity contribution in [3.05, 3.63) is 65.4 Å². The number of aryl methyl sites for hydroxylation is 1. The van der Waals surface area contributed by atoms with Crippen molar-refractivity contribution in [1.29, 1.82) is 0 Å². The van der Waals surface area contributed by atoms with Gasteiger partial charge in [-0.15, -0.1) is 0 Å². The number of nitrogens with two attached hydrogens (primary N) is 1. The molecule has 0 spiro atoms. The summed E-state index contributed by atoms with van der Waals surface area (Å²) in [5.74, 6) is 0.329. The first-order chi connectivity index (χ1) is 13.2. The predicted molar refractivity (Wildman–Crippen MR) is 114 cm³/mol. The third kappa shape index (κ3) is 12.6. The van der Waals surface area contributed by atoms with Crippen LogP contribution in [0.4, 0.5) is 0 Å². The van der Waals surface area contributed by atoms with E-state index in [1.165, 1.54) is 5.57 Å². The molecule has 4 heteroatoms. The Morgan fingerprint density at radius 2 is 1.96 bits per heavy atom. The monoisotopic (exact) mass is 373 g/mol. The van der Waals surface area contributed by atoms with E-state index in [0.717, 1.165) is 69.6 Å². The smallest absolute Gasteiger partial charge is 0.119 e. The normalized spacial score (nSPS) is 12.9. The fourth-order valence-corrected chi connectivity index (χ4v) is 2.59. The van der Waals surface area contributed by atoms with Gasteiger partial charge in [0, 0.05) is 19.2 Å². The zero-order chi connectivity index (χ0) is 20.3. The number of carbonyl (C=O) groups excluding carboxylic acids is 1. The molecular formula is C23H35NO3. The van der Waals surface area contributed by atoms with E-state index in [1.54, 1.807) is 12.1 Å². The lowest BCUT2D eigenvalue weighted by atomic mass is 10.0. The zero-order valence-electron chi connectivity index (χ0n) is 16.7. The van der Waals surface area contributed by atoms with Crippen molar-refractivity contribution >= 4 is 6.29 Å². The molecule has 0 heterocycles. The highest BCUT2D eigenvalue weighted by Gasteiger charge is 2.00. The Labute approximate surface area is 164 Å². The number of aromatic hydroxyl groups is 1. The average Bonchev–Trinajstić information content (AvgIpc) is 2.69. The number of aliphatic hydroxyl groups is 1. The largest absolute Gasteiger partial charge is 0.508 e. The molecule has 0 bridgehead atoms. The predicted octanol–water partition coefficient (Wildman–Crippen LogP) is 4.82. The number of benzene rings is 1. The van der Waals surface area contributed by atoms with Gasteiger partial charge in [-0.2, -0.15) is 0 Å². The highest BCUT2D eigenvalue weighted by atomic mass is 16.3. The van der Waals surface area contributed by atoms with Gasteiger partial charge in [-0.05, 0) is 67.9 Å². The average molecular weight is 374 g/mol. The van der Waals surface area contributed by atoms with Gasteiger partial charge in [-0.25, -0.2) is 0 Å². The molecule has 0 saturated heterocycles. The maximum Gasteiger partial charge on any atom is 0.119 e. The van der Waals surface area contributed by atoms with Gasteiger partial charge < -0.3 is 20.7 Å². The van der Waals surface area contributed by atoms with Crippen molar-refractivity contribution in [2.45, 2.75) is 58.3 Å². The molecule has 4 N–H and O–H groups in total. The van der Waals surface area contributed by atoms with Crippen LogP contribution in [0.2, 0.25) is 0 Å². The molecule has 4 nitrogen and oxygen atoms in total. The SMILES string of the molecule is CC/C=C\C1=C(N)C=CCC1.CO.O=CCCCCCc1cccc(O)c1. The number of hydrogen-bond donors (Lipinski definition) is 3. The van der Waals surface area contributed by atoms with E-state index >= 15 is 0 Å². The molecule has 0 radical (unpaired) electrons. The van der Waals surface area contributed by atoms with E-state index < -0.39 is 0 Å². The molecule has 1 aliphatic carbocycles. The first-order valence-electron chi connectivity index (χ1n) is 9.65. The molecule has 1 aromatic rings. The van der Waals surface area contributed by atoms with Crippen LogP contribution in [-0.2, 0) is 11.2 Å². The van der Waals surface area contributed by atoms with E-state index in [2.05, 4.69) is 25.2 Å². The van der Waals surface area contributed by atoms with Crippen LogP contribution in [-0.4, -0.2) is 23.6 Å². The van der Waals surface area contributed by atoms with Crippen molar-refractivity contribution in [2.24, 2.45) is 5.73 Å². The quantitative estimate of drug-likeness (QED) is 0.451. The second-order valence-electron chi connectivity index (χ2n) is 6.17. The lowest BCUT2D eigenvalue weighted by Gasteiger charge is -2.07. The Bertz CT molecular complexity index is 603. The molecule has 0 fully saturated rings. The van der Waals surface area contributed by atoms with Gasteiger partial charge in [0.15, 0.2) is 0 Å². The summed E-state index contributed by atoms with van der Waals surface area (Å²) in [6, 6.07) is 7.34. The van der Waals surface area contributed by atoms with Crippen LogP contribution >= 0.6 is 0 Å². The van der Waals surface area contributed by atoms with Gasteiger partial charge in [0.1, 0.15) is 12.0 Å². The number of unbranched alkanes of at least 4 members (excludes halogenated alkanes) is 3. The Balaban J connectivity index is 0.000000469.